The van der Waals surface area contributed by atoms with Gasteiger partial charge in [-0.25, -0.2) is 9.18 Å². The van der Waals surface area contributed by atoms with Crippen LogP contribution in [0.2, 0.25) is 0 Å². The van der Waals surface area contributed by atoms with Gasteiger partial charge >= 0.3 is 6.09 Å². The SMILES string of the molecule is CC(C)(C)OC(=O)NC12CC(F)C(C1)C2. The van der Waals surface area contributed by atoms with Crippen molar-refractivity contribution in [1.29, 1.82) is 0 Å². The molecule has 15 heavy (non-hydrogen) atoms. The first-order valence-electron chi connectivity index (χ1n) is 5.45. The number of carbonyl (C=O) groups is 1. The second-order valence-corrected chi connectivity index (χ2v) is 5.80. The zero-order valence-electron chi connectivity index (χ0n) is 9.47. The lowest BCUT2D eigenvalue weighted by atomic mass is 9.77. The lowest BCUT2D eigenvalue weighted by Gasteiger charge is -2.38. The van der Waals surface area contributed by atoms with Crippen LogP contribution in [-0.4, -0.2) is 23.4 Å². The van der Waals surface area contributed by atoms with Crippen LogP contribution in [0, 0.1) is 5.92 Å². The topological polar surface area (TPSA) is 38.3 Å². The molecule has 0 radical (unpaired) electrons. The number of hydrogen-bond donors (Lipinski definition) is 1. The minimum Gasteiger partial charge on any atom is -0.444 e. The van der Waals surface area contributed by atoms with Crippen LogP contribution in [0.5, 0.6) is 0 Å². The zero-order chi connectivity index (χ0) is 11.3. The van der Waals surface area contributed by atoms with E-state index >= 15 is 0 Å². The maximum atomic E-state index is 13.2. The lowest BCUT2D eigenvalue weighted by Crippen LogP contribution is -2.53. The number of amides is 1. The van der Waals surface area contributed by atoms with E-state index < -0.39 is 17.9 Å². The van der Waals surface area contributed by atoms with E-state index in [1.807, 2.05) is 20.8 Å². The van der Waals surface area contributed by atoms with Gasteiger partial charge in [-0.15, -0.1) is 0 Å². The number of halogens is 1. The maximum absolute atomic E-state index is 13.2. The van der Waals surface area contributed by atoms with Crippen molar-refractivity contribution in [3.05, 3.63) is 0 Å². The first-order valence-corrected chi connectivity index (χ1v) is 5.45. The van der Waals surface area contributed by atoms with Gasteiger partial charge in [-0.05, 0) is 39.5 Å². The standard InChI is InChI=1S/C11H18FNO2/c1-10(2,3)15-9(14)13-11-4-7(5-11)8(12)6-11/h7-8H,4-6H2,1-3H3,(H,13,14). The molecule has 1 N–H and O–H groups in total. The number of alkyl halides is 1. The van der Waals surface area contributed by atoms with Crippen molar-refractivity contribution >= 4 is 6.09 Å². The Morgan fingerprint density at radius 1 is 1.40 bits per heavy atom. The van der Waals surface area contributed by atoms with Gasteiger partial charge < -0.3 is 10.1 Å². The quantitative estimate of drug-likeness (QED) is 0.729. The van der Waals surface area contributed by atoms with Crippen molar-refractivity contribution < 1.29 is 13.9 Å². The number of alkyl carbamates (subject to hydrolysis) is 1. The first kappa shape index (κ1) is 10.7. The first-order chi connectivity index (χ1) is 6.80. The third-order valence-electron chi connectivity index (χ3n) is 3.17. The smallest absolute Gasteiger partial charge is 0.408 e. The predicted octanol–water partition coefficient (Wildman–Crippen LogP) is 2.40. The fourth-order valence-corrected chi connectivity index (χ4v) is 2.58. The fourth-order valence-electron chi connectivity index (χ4n) is 2.58. The minimum atomic E-state index is -0.736. The van der Waals surface area contributed by atoms with Crippen LogP contribution in [0.25, 0.3) is 0 Å². The monoisotopic (exact) mass is 215 g/mol. The molecule has 3 aliphatic carbocycles. The molecule has 0 aromatic heterocycles. The van der Waals surface area contributed by atoms with Crippen molar-refractivity contribution in [1.82, 2.24) is 5.32 Å². The molecule has 0 aromatic carbocycles. The number of fused-ring (bicyclic) bond motifs is 1. The highest BCUT2D eigenvalue weighted by Crippen LogP contribution is 2.53. The summed E-state index contributed by atoms with van der Waals surface area (Å²) in [6.45, 7) is 5.46. The molecule has 3 saturated carbocycles. The van der Waals surface area contributed by atoms with Gasteiger partial charge in [0, 0.05) is 12.0 Å². The Morgan fingerprint density at radius 3 is 2.40 bits per heavy atom. The molecule has 1 atom stereocenters. The van der Waals surface area contributed by atoms with E-state index in [2.05, 4.69) is 5.32 Å². The van der Waals surface area contributed by atoms with E-state index in [9.17, 15) is 9.18 Å². The van der Waals surface area contributed by atoms with Gasteiger partial charge in [0.15, 0.2) is 0 Å². The minimum absolute atomic E-state index is 0.167. The van der Waals surface area contributed by atoms with Crippen LogP contribution < -0.4 is 5.32 Å². The summed E-state index contributed by atoms with van der Waals surface area (Å²) < 4.78 is 18.4. The second kappa shape index (κ2) is 3.09. The molecule has 2 bridgehead atoms. The van der Waals surface area contributed by atoms with Gasteiger partial charge in [0.25, 0.3) is 0 Å². The van der Waals surface area contributed by atoms with E-state index in [4.69, 9.17) is 4.74 Å². The Bertz CT molecular complexity index is 279. The molecule has 0 saturated heterocycles. The third-order valence-corrected chi connectivity index (χ3v) is 3.17. The number of hydrogen-bond acceptors (Lipinski definition) is 2. The van der Waals surface area contributed by atoms with Crippen molar-refractivity contribution in [2.24, 2.45) is 5.92 Å². The Kier molecular flexibility index (Phi) is 2.21. The number of rotatable bonds is 1. The van der Waals surface area contributed by atoms with Gasteiger partial charge in [-0.2, -0.15) is 0 Å². The fraction of sp³-hybridized carbons (Fsp3) is 0.909. The zero-order valence-corrected chi connectivity index (χ0v) is 9.47. The highest BCUT2D eigenvalue weighted by molar-refractivity contribution is 5.69. The normalized spacial score (nSPS) is 38.4. The summed E-state index contributed by atoms with van der Waals surface area (Å²) in [5, 5.41) is 2.81. The van der Waals surface area contributed by atoms with Gasteiger partial charge in [0.05, 0.1) is 0 Å². The average molecular weight is 215 g/mol. The third kappa shape index (κ3) is 2.08. The molecule has 1 unspecified atom stereocenters. The van der Waals surface area contributed by atoms with Crippen LogP contribution in [0.1, 0.15) is 40.0 Å². The molecule has 1 amide bonds. The van der Waals surface area contributed by atoms with Crippen LogP contribution >= 0.6 is 0 Å². The van der Waals surface area contributed by atoms with E-state index in [0.29, 0.717) is 6.42 Å². The highest BCUT2D eigenvalue weighted by atomic mass is 19.1. The largest absolute Gasteiger partial charge is 0.444 e. The van der Waals surface area contributed by atoms with Gasteiger partial charge in [0.1, 0.15) is 11.8 Å². The maximum Gasteiger partial charge on any atom is 0.408 e. The van der Waals surface area contributed by atoms with Crippen molar-refractivity contribution in [3.8, 4) is 0 Å². The molecule has 3 rings (SSSR count). The predicted molar refractivity (Wildman–Crippen MR) is 54.3 cm³/mol. The molecule has 0 aromatic rings. The summed E-state index contributed by atoms with van der Waals surface area (Å²) in [4.78, 5) is 11.5. The molecule has 0 spiro atoms. The molecule has 3 nitrogen and oxygen atoms in total. The van der Waals surface area contributed by atoms with Gasteiger partial charge in [0.2, 0.25) is 0 Å². The van der Waals surface area contributed by atoms with Crippen LogP contribution in [-0.2, 0) is 4.74 Å². The number of carbonyl (C=O) groups excluding carboxylic acids is 1. The molecule has 0 aliphatic heterocycles. The lowest BCUT2D eigenvalue weighted by molar-refractivity contribution is 0.0394. The molecular formula is C11H18FNO2. The molecule has 0 heterocycles. The summed E-state index contributed by atoms with van der Waals surface area (Å²) in [6, 6.07) is 0. The second-order valence-electron chi connectivity index (χ2n) is 5.80. The summed E-state index contributed by atoms with van der Waals surface area (Å²) in [5.41, 5.74) is -0.788. The average Bonchev–Trinajstić information content (AvgIpc) is 2.34. The van der Waals surface area contributed by atoms with Crippen LogP contribution in [0.15, 0.2) is 0 Å². The Labute approximate surface area is 89.4 Å². The highest BCUT2D eigenvalue weighted by Gasteiger charge is 2.57. The number of nitrogens with one attached hydrogen (secondary N) is 1. The van der Waals surface area contributed by atoms with E-state index in [0.717, 1.165) is 12.8 Å². The molecular weight excluding hydrogens is 197 g/mol. The number of ether oxygens (including phenoxy) is 1. The summed E-state index contributed by atoms with van der Waals surface area (Å²) in [5.74, 6) is 0.167. The Hall–Kier alpha value is -0.800. The van der Waals surface area contributed by atoms with E-state index in [1.54, 1.807) is 0 Å². The summed E-state index contributed by atoms with van der Waals surface area (Å²) in [6.07, 6.45) is 0.840. The van der Waals surface area contributed by atoms with Crippen molar-refractivity contribution in [2.75, 3.05) is 0 Å². The van der Waals surface area contributed by atoms with Crippen molar-refractivity contribution in [3.63, 3.8) is 0 Å². The molecule has 3 fully saturated rings. The van der Waals surface area contributed by atoms with E-state index in [1.165, 1.54) is 0 Å². The van der Waals surface area contributed by atoms with Crippen molar-refractivity contribution in [2.45, 2.75) is 57.3 Å². The summed E-state index contributed by atoms with van der Waals surface area (Å²) >= 11 is 0. The molecule has 86 valence electrons. The summed E-state index contributed by atoms with van der Waals surface area (Å²) in [7, 11) is 0. The van der Waals surface area contributed by atoms with Gasteiger partial charge in [-0.3, -0.25) is 0 Å². The van der Waals surface area contributed by atoms with E-state index in [-0.39, 0.29) is 11.5 Å². The van der Waals surface area contributed by atoms with Gasteiger partial charge in [-0.1, -0.05) is 0 Å². The molecule has 4 heteroatoms. The Balaban J connectivity index is 1.86. The van der Waals surface area contributed by atoms with Crippen LogP contribution in [0.3, 0.4) is 0 Å². The van der Waals surface area contributed by atoms with Crippen LogP contribution in [0.4, 0.5) is 9.18 Å². The molecule has 3 aliphatic rings. The Morgan fingerprint density at radius 2 is 2.00 bits per heavy atom.